The van der Waals surface area contributed by atoms with E-state index in [1.54, 1.807) is 25.1 Å². The minimum Gasteiger partial charge on any atom is -0.324 e. The smallest absolute Gasteiger partial charge is 0.247 e. The number of halogens is 1. The van der Waals surface area contributed by atoms with Crippen molar-refractivity contribution >= 4 is 38.9 Å². The Labute approximate surface area is 166 Å². The van der Waals surface area contributed by atoms with Crippen LogP contribution in [0.25, 0.3) is 0 Å². The minimum absolute atomic E-state index is 0.350. The second kappa shape index (κ2) is 9.24. The van der Waals surface area contributed by atoms with E-state index in [-0.39, 0.29) is 0 Å². The van der Waals surface area contributed by atoms with Gasteiger partial charge in [-0.25, -0.2) is 8.42 Å². The highest BCUT2D eigenvalue weighted by molar-refractivity contribution is 7.92. The van der Waals surface area contributed by atoms with E-state index in [4.69, 9.17) is 11.6 Å². The van der Waals surface area contributed by atoms with Gasteiger partial charge >= 0.3 is 0 Å². The lowest BCUT2D eigenvalue weighted by atomic mass is 10.1. The number of carbonyl (C=O) groups excluding carboxylic acids is 1. The summed E-state index contributed by atoms with van der Waals surface area (Å²) in [6, 6.07) is 13.1. The van der Waals surface area contributed by atoms with Crippen LogP contribution < -0.4 is 9.62 Å². The third-order valence-electron chi connectivity index (χ3n) is 4.19. The third-order valence-corrected chi connectivity index (χ3v) is 5.67. The number of nitrogens with zero attached hydrogens (tertiary/aromatic N) is 1. The van der Waals surface area contributed by atoms with Crippen molar-refractivity contribution in [2.75, 3.05) is 15.9 Å². The molecule has 27 heavy (non-hydrogen) atoms. The number of carbonyl (C=O) groups is 1. The van der Waals surface area contributed by atoms with Crippen molar-refractivity contribution in [3.63, 3.8) is 0 Å². The summed E-state index contributed by atoms with van der Waals surface area (Å²) < 4.78 is 25.7. The van der Waals surface area contributed by atoms with Gasteiger partial charge in [0, 0.05) is 10.7 Å². The predicted molar refractivity (Wildman–Crippen MR) is 112 cm³/mol. The molecule has 0 saturated carbocycles. The lowest BCUT2D eigenvalue weighted by Crippen LogP contribution is -2.45. The van der Waals surface area contributed by atoms with E-state index in [9.17, 15) is 13.2 Å². The molecule has 1 atom stereocenters. The molecule has 0 aliphatic carbocycles. The summed E-state index contributed by atoms with van der Waals surface area (Å²) in [5.74, 6) is -0.415. The van der Waals surface area contributed by atoms with Gasteiger partial charge < -0.3 is 5.32 Å². The van der Waals surface area contributed by atoms with E-state index in [0.29, 0.717) is 16.4 Å². The number of hydrogen-bond acceptors (Lipinski definition) is 3. The highest BCUT2D eigenvalue weighted by atomic mass is 35.5. The average molecular weight is 409 g/mol. The van der Waals surface area contributed by atoms with E-state index in [2.05, 4.69) is 12.2 Å². The fraction of sp³-hybridized carbons (Fsp3) is 0.350. The van der Waals surface area contributed by atoms with Gasteiger partial charge in [-0.1, -0.05) is 43.1 Å². The van der Waals surface area contributed by atoms with Crippen molar-refractivity contribution < 1.29 is 13.2 Å². The summed E-state index contributed by atoms with van der Waals surface area (Å²) >= 11 is 5.98. The molecule has 1 amide bonds. The normalized spacial score (nSPS) is 12.4. The number of hydrogen-bond donors (Lipinski definition) is 1. The van der Waals surface area contributed by atoms with E-state index in [1.807, 2.05) is 24.3 Å². The first-order valence-electron chi connectivity index (χ1n) is 8.87. The molecule has 0 bridgehead atoms. The van der Waals surface area contributed by atoms with Gasteiger partial charge in [0.2, 0.25) is 15.9 Å². The highest BCUT2D eigenvalue weighted by Crippen LogP contribution is 2.24. The number of rotatable bonds is 8. The zero-order valence-electron chi connectivity index (χ0n) is 15.8. The quantitative estimate of drug-likeness (QED) is 0.700. The Morgan fingerprint density at radius 1 is 1.19 bits per heavy atom. The van der Waals surface area contributed by atoms with Crippen molar-refractivity contribution in [2.45, 2.75) is 39.2 Å². The molecule has 0 aliphatic heterocycles. The number of anilines is 2. The van der Waals surface area contributed by atoms with Gasteiger partial charge in [0.15, 0.2) is 0 Å². The Hall–Kier alpha value is -2.05. The number of amides is 1. The molecule has 0 radical (unpaired) electrons. The Morgan fingerprint density at radius 2 is 1.85 bits per heavy atom. The van der Waals surface area contributed by atoms with Gasteiger partial charge in [0.05, 0.1) is 11.9 Å². The van der Waals surface area contributed by atoms with Gasteiger partial charge in [-0.15, -0.1) is 0 Å². The zero-order valence-corrected chi connectivity index (χ0v) is 17.3. The van der Waals surface area contributed by atoms with Crippen LogP contribution in [0.3, 0.4) is 0 Å². The Kier molecular flexibility index (Phi) is 7.27. The molecule has 0 saturated heterocycles. The lowest BCUT2D eigenvalue weighted by Gasteiger charge is -2.28. The minimum atomic E-state index is -3.67. The van der Waals surface area contributed by atoms with E-state index in [1.165, 1.54) is 11.6 Å². The van der Waals surface area contributed by atoms with Crippen LogP contribution in [0.5, 0.6) is 0 Å². The second-order valence-corrected chi connectivity index (χ2v) is 8.80. The molecular weight excluding hydrogens is 384 g/mol. The van der Waals surface area contributed by atoms with Gasteiger partial charge in [0.25, 0.3) is 0 Å². The Balaban J connectivity index is 2.17. The van der Waals surface area contributed by atoms with Crippen LogP contribution in [0.15, 0.2) is 48.5 Å². The van der Waals surface area contributed by atoms with E-state index in [0.717, 1.165) is 29.8 Å². The van der Waals surface area contributed by atoms with Crippen LogP contribution in [0.1, 0.15) is 32.3 Å². The van der Waals surface area contributed by atoms with Crippen LogP contribution >= 0.6 is 11.6 Å². The van der Waals surface area contributed by atoms with Gasteiger partial charge in [-0.2, -0.15) is 0 Å². The molecular formula is C20H25ClN2O3S. The Morgan fingerprint density at radius 3 is 2.41 bits per heavy atom. The van der Waals surface area contributed by atoms with Gasteiger partial charge in [-0.3, -0.25) is 9.10 Å². The van der Waals surface area contributed by atoms with E-state index < -0.39 is 22.0 Å². The SMILES string of the molecule is CCCCc1ccc(NC(=O)[C@@H](C)N(c2cccc(Cl)c2)S(C)(=O)=O)cc1. The summed E-state index contributed by atoms with van der Waals surface area (Å²) in [6.07, 6.45) is 4.31. The number of nitrogens with one attached hydrogen (secondary N) is 1. The van der Waals surface area contributed by atoms with Crippen LogP contribution in [0.2, 0.25) is 5.02 Å². The fourth-order valence-corrected chi connectivity index (χ4v) is 4.16. The van der Waals surface area contributed by atoms with Crippen molar-refractivity contribution in [1.29, 1.82) is 0 Å². The topological polar surface area (TPSA) is 66.5 Å². The molecule has 0 aromatic heterocycles. The molecule has 5 nitrogen and oxygen atoms in total. The average Bonchev–Trinajstić information content (AvgIpc) is 2.60. The number of sulfonamides is 1. The summed E-state index contributed by atoms with van der Waals surface area (Å²) in [7, 11) is -3.67. The summed E-state index contributed by atoms with van der Waals surface area (Å²) in [4.78, 5) is 12.7. The molecule has 2 aromatic rings. The summed E-state index contributed by atoms with van der Waals surface area (Å²) in [5, 5.41) is 3.18. The number of unbranched alkanes of at least 4 members (excludes halogenated alkanes) is 1. The second-order valence-electron chi connectivity index (χ2n) is 6.50. The molecule has 146 valence electrons. The van der Waals surface area contributed by atoms with Crippen LogP contribution in [-0.2, 0) is 21.2 Å². The molecule has 2 aromatic carbocycles. The predicted octanol–water partition coefficient (Wildman–Crippen LogP) is 4.48. The number of benzene rings is 2. The van der Waals surface area contributed by atoms with Crippen LogP contribution in [0.4, 0.5) is 11.4 Å². The van der Waals surface area contributed by atoms with Gasteiger partial charge in [-0.05, 0) is 55.7 Å². The number of aryl methyl sites for hydroxylation is 1. The maximum absolute atomic E-state index is 12.7. The maximum atomic E-state index is 12.7. The molecule has 2 rings (SSSR count). The molecule has 0 heterocycles. The first-order chi connectivity index (χ1) is 12.7. The van der Waals surface area contributed by atoms with Crippen molar-refractivity contribution in [3.05, 3.63) is 59.1 Å². The van der Waals surface area contributed by atoms with Gasteiger partial charge in [0.1, 0.15) is 6.04 Å². The van der Waals surface area contributed by atoms with Crippen LogP contribution in [0, 0.1) is 0 Å². The largest absolute Gasteiger partial charge is 0.324 e. The van der Waals surface area contributed by atoms with Crippen molar-refractivity contribution in [2.24, 2.45) is 0 Å². The summed E-state index contributed by atoms with van der Waals surface area (Å²) in [5.41, 5.74) is 2.19. The monoisotopic (exact) mass is 408 g/mol. The van der Waals surface area contributed by atoms with Crippen molar-refractivity contribution in [3.8, 4) is 0 Å². The first kappa shape index (κ1) is 21.3. The molecule has 0 fully saturated rings. The van der Waals surface area contributed by atoms with Crippen molar-refractivity contribution in [1.82, 2.24) is 0 Å². The fourth-order valence-electron chi connectivity index (χ4n) is 2.80. The maximum Gasteiger partial charge on any atom is 0.247 e. The molecule has 1 N–H and O–H groups in total. The molecule has 0 unspecified atom stereocenters. The standard InChI is InChI=1S/C20H25ClN2O3S/c1-4-5-7-16-10-12-18(13-11-16)22-20(24)15(2)23(27(3,25)26)19-9-6-8-17(21)14-19/h6,8-15H,4-5,7H2,1-3H3,(H,22,24)/t15-/m1/s1. The lowest BCUT2D eigenvalue weighted by molar-refractivity contribution is -0.116. The Bertz CT molecular complexity index is 882. The molecule has 0 aliphatic rings. The zero-order chi connectivity index (χ0) is 20.0. The summed E-state index contributed by atoms with van der Waals surface area (Å²) in [6.45, 7) is 3.69. The highest BCUT2D eigenvalue weighted by Gasteiger charge is 2.29. The van der Waals surface area contributed by atoms with Crippen LogP contribution in [-0.4, -0.2) is 26.6 Å². The molecule has 0 spiro atoms. The molecule has 7 heteroatoms. The van der Waals surface area contributed by atoms with E-state index >= 15 is 0 Å². The first-order valence-corrected chi connectivity index (χ1v) is 11.1. The third kappa shape index (κ3) is 5.97.